The Kier molecular flexibility index (Phi) is 6.17. The molecule has 0 atom stereocenters. The fraction of sp³-hybridized carbons (Fsp3) is 0.300. The van der Waals surface area contributed by atoms with Gasteiger partial charge in [0.2, 0.25) is 5.91 Å². The summed E-state index contributed by atoms with van der Waals surface area (Å²) in [4.78, 5) is 27.5. The molecule has 0 aromatic heterocycles. The molecule has 6 heteroatoms. The normalized spacial score (nSPS) is 13.5. The van der Waals surface area contributed by atoms with E-state index in [0.717, 1.165) is 24.4 Å². The van der Waals surface area contributed by atoms with Gasteiger partial charge in [-0.2, -0.15) is 0 Å². The van der Waals surface area contributed by atoms with Gasteiger partial charge in [-0.05, 0) is 55.5 Å². The highest BCUT2D eigenvalue weighted by molar-refractivity contribution is 7.99. The number of nitrogens with one attached hydrogen (secondary N) is 1. The number of fused-ring (bicyclic) bond motifs is 1. The van der Waals surface area contributed by atoms with E-state index in [1.165, 1.54) is 4.90 Å². The molecule has 2 aromatic carbocycles. The van der Waals surface area contributed by atoms with Crippen LogP contribution in [-0.2, 0) is 9.53 Å². The van der Waals surface area contributed by atoms with Gasteiger partial charge < -0.3 is 15.0 Å². The number of benzene rings is 2. The first kappa shape index (κ1) is 18.3. The molecule has 5 nitrogen and oxygen atoms in total. The number of anilines is 2. The lowest BCUT2D eigenvalue weighted by molar-refractivity contribution is -0.115. The molecule has 1 aliphatic heterocycles. The van der Waals surface area contributed by atoms with Crippen molar-refractivity contribution in [1.82, 2.24) is 0 Å². The van der Waals surface area contributed by atoms with Gasteiger partial charge >= 0.3 is 5.97 Å². The Morgan fingerprint density at radius 1 is 1.15 bits per heavy atom. The summed E-state index contributed by atoms with van der Waals surface area (Å²) in [5.74, 6) is 0.629. The van der Waals surface area contributed by atoms with Crippen LogP contribution in [0.5, 0.6) is 0 Å². The Morgan fingerprint density at radius 3 is 2.69 bits per heavy atom. The van der Waals surface area contributed by atoms with Gasteiger partial charge in [0.05, 0.1) is 24.4 Å². The molecule has 1 aliphatic rings. The number of amides is 1. The number of carbonyl (C=O) groups excluding carboxylic acids is 2. The predicted octanol–water partition coefficient (Wildman–Crippen LogP) is 3.80. The van der Waals surface area contributed by atoms with Gasteiger partial charge in [-0.3, -0.25) is 4.79 Å². The maximum absolute atomic E-state index is 12.5. The maximum Gasteiger partial charge on any atom is 0.338 e. The zero-order chi connectivity index (χ0) is 18.4. The number of ether oxygens (including phenoxy) is 1. The Hall–Kier alpha value is -2.47. The monoisotopic (exact) mass is 370 g/mol. The van der Waals surface area contributed by atoms with E-state index in [1.807, 2.05) is 23.9 Å². The van der Waals surface area contributed by atoms with Crippen molar-refractivity contribution in [2.45, 2.75) is 18.2 Å². The summed E-state index contributed by atoms with van der Waals surface area (Å²) in [7, 11) is 0. The molecular formula is C20H22N2O3S. The lowest BCUT2D eigenvalue weighted by Gasteiger charge is -2.23. The van der Waals surface area contributed by atoms with E-state index in [-0.39, 0.29) is 11.9 Å². The molecule has 0 radical (unpaired) electrons. The molecule has 1 N–H and O–H groups in total. The molecule has 0 spiro atoms. The molecule has 3 rings (SSSR count). The fourth-order valence-corrected chi connectivity index (χ4v) is 3.85. The standard InChI is InChI=1S/C20H22N2O3S/c1-2-25-20(24)15-8-10-16(11-9-15)21-19(23)14-22-12-5-13-26-18-7-4-3-6-17(18)22/h3-4,6-11H,2,5,12-14H2,1H3,(H,21,23). The molecule has 0 unspecified atom stereocenters. The van der Waals surface area contributed by atoms with E-state index in [2.05, 4.69) is 22.3 Å². The second kappa shape index (κ2) is 8.76. The van der Waals surface area contributed by atoms with E-state index >= 15 is 0 Å². The van der Waals surface area contributed by atoms with E-state index in [0.29, 0.717) is 24.4 Å². The zero-order valence-electron chi connectivity index (χ0n) is 14.7. The molecule has 0 bridgehead atoms. The third-order valence-corrected chi connectivity index (χ3v) is 5.20. The average molecular weight is 370 g/mol. The Bertz CT molecular complexity index is 777. The van der Waals surface area contributed by atoms with Crippen LogP contribution >= 0.6 is 11.8 Å². The maximum atomic E-state index is 12.5. The number of rotatable bonds is 5. The summed E-state index contributed by atoms with van der Waals surface area (Å²) in [6.45, 7) is 3.27. The van der Waals surface area contributed by atoms with E-state index < -0.39 is 0 Å². The summed E-state index contributed by atoms with van der Waals surface area (Å²) in [5.41, 5.74) is 2.26. The summed E-state index contributed by atoms with van der Waals surface area (Å²) in [5, 5.41) is 2.90. The number of nitrogens with zero attached hydrogens (tertiary/aromatic N) is 1. The van der Waals surface area contributed by atoms with Gasteiger partial charge in [0.25, 0.3) is 0 Å². The van der Waals surface area contributed by atoms with Gasteiger partial charge in [-0.15, -0.1) is 11.8 Å². The van der Waals surface area contributed by atoms with Crippen LogP contribution < -0.4 is 10.2 Å². The summed E-state index contributed by atoms with van der Waals surface area (Å²) >= 11 is 1.84. The van der Waals surface area contributed by atoms with Crippen molar-refractivity contribution in [3.63, 3.8) is 0 Å². The molecule has 136 valence electrons. The quantitative estimate of drug-likeness (QED) is 0.811. The smallest absolute Gasteiger partial charge is 0.338 e. The van der Waals surface area contributed by atoms with Gasteiger partial charge in [-0.1, -0.05) is 12.1 Å². The Labute approximate surface area is 157 Å². The summed E-state index contributed by atoms with van der Waals surface area (Å²) < 4.78 is 4.96. The first-order valence-electron chi connectivity index (χ1n) is 8.71. The molecule has 0 saturated carbocycles. The summed E-state index contributed by atoms with van der Waals surface area (Å²) in [6, 6.07) is 15.0. The van der Waals surface area contributed by atoms with Crippen molar-refractivity contribution in [1.29, 1.82) is 0 Å². The highest BCUT2D eigenvalue weighted by Gasteiger charge is 2.18. The average Bonchev–Trinajstić information content (AvgIpc) is 2.85. The third-order valence-electron chi connectivity index (χ3n) is 4.05. The van der Waals surface area contributed by atoms with E-state index in [1.54, 1.807) is 31.2 Å². The van der Waals surface area contributed by atoms with Crippen LogP contribution in [0.2, 0.25) is 0 Å². The fourth-order valence-electron chi connectivity index (χ4n) is 2.84. The first-order chi connectivity index (χ1) is 12.7. The van der Waals surface area contributed by atoms with Gasteiger partial charge in [0, 0.05) is 17.1 Å². The molecule has 2 aromatic rings. The molecular weight excluding hydrogens is 348 g/mol. The number of para-hydroxylation sites is 1. The lowest BCUT2D eigenvalue weighted by Crippen LogP contribution is -2.34. The van der Waals surface area contributed by atoms with Gasteiger partial charge in [0.15, 0.2) is 0 Å². The highest BCUT2D eigenvalue weighted by Crippen LogP contribution is 2.33. The van der Waals surface area contributed by atoms with Gasteiger partial charge in [0.1, 0.15) is 0 Å². The minimum absolute atomic E-state index is 0.0735. The molecule has 0 fully saturated rings. The molecule has 0 aliphatic carbocycles. The second-order valence-corrected chi connectivity index (χ2v) is 7.07. The number of thioether (sulfide) groups is 1. The molecule has 1 heterocycles. The van der Waals surface area contributed by atoms with Crippen molar-refractivity contribution in [2.24, 2.45) is 0 Å². The second-order valence-electron chi connectivity index (χ2n) is 5.94. The van der Waals surface area contributed by atoms with Crippen molar-refractivity contribution < 1.29 is 14.3 Å². The highest BCUT2D eigenvalue weighted by atomic mass is 32.2. The van der Waals surface area contributed by atoms with Crippen molar-refractivity contribution in [2.75, 3.05) is 35.7 Å². The van der Waals surface area contributed by atoms with Crippen molar-refractivity contribution in [3.8, 4) is 0 Å². The number of hydrogen-bond acceptors (Lipinski definition) is 5. The first-order valence-corrected chi connectivity index (χ1v) is 9.69. The molecule has 0 saturated heterocycles. The molecule has 1 amide bonds. The molecule has 26 heavy (non-hydrogen) atoms. The van der Waals surface area contributed by atoms with Crippen LogP contribution in [0.3, 0.4) is 0 Å². The van der Waals surface area contributed by atoms with E-state index in [9.17, 15) is 9.59 Å². The minimum atomic E-state index is -0.357. The van der Waals surface area contributed by atoms with Crippen LogP contribution in [0.1, 0.15) is 23.7 Å². The number of esters is 1. The van der Waals surface area contributed by atoms with Crippen LogP contribution in [0, 0.1) is 0 Å². The van der Waals surface area contributed by atoms with Crippen LogP contribution in [0.25, 0.3) is 0 Å². The van der Waals surface area contributed by atoms with Gasteiger partial charge in [-0.25, -0.2) is 4.79 Å². The third kappa shape index (κ3) is 4.58. The van der Waals surface area contributed by atoms with Crippen LogP contribution in [0.4, 0.5) is 11.4 Å². The number of hydrogen-bond donors (Lipinski definition) is 1. The lowest BCUT2D eigenvalue weighted by atomic mass is 10.2. The topological polar surface area (TPSA) is 58.6 Å². The number of carbonyl (C=O) groups is 2. The van der Waals surface area contributed by atoms with Crippen molar-refractivity contribution in [3.05, 3.63) is 54.1 Å². The Morgan fingerprint density at radius 2 is 1.92 bits per heavy atom. The Balaban J connectivity index is 1.63. The predicted molar refractivity (Wildman–Crippen MR) is 105 cm³/mol. The SMILES string of the molecule is CCOC(=O)c1ccc(NC(=O)CN2CCCSc3ccccc32)cc1. The minimum Gasteiger partial charge on any atom is -0.462 e. The zero-order valence-corrected chi connectivity index (χ0v) is 15.6. The van der Waals surface area contributed by atoms with Crippen molar-refractivity contribution >= 4 is 35.0 Å². The van der Waals surface area contributed by atoms with Crippen LogP contribution in [-0.4, -0.2) is 37.3 Å². The van der Waals surface area contributed by atoms with Crippen LogP contribution in [0.15, 0.2) is 53.4 Å². The van der Waals surface area contributed by atoms with E-state index in [4.69, 9.17) is 4.74 Å². The largest absolute Gasteiger partial charge is 0.462 e. The summed E-state index contributed by atoms with van der Waals surface area (Å²) in [6.07, 6.45) is 1.04.